The average Bonchev–Trinajstić information content (AvgIpc) is 1.99. The topological polar surface area (TPSA) is 56.0 Å². The Morgan fingerprint density at radius 1 is 1.73 bits per heavy atom. The van der Waals surface area contributed by atoms with Gasteiger partial charge >= 0.3 is 0 Å². The minimum atomic E-state index is -0.762. The number of pyridine rings is 1. The molecule has 0 unspecified atom stereocenters. The molecule has 1 heterocycles. The fourth-order valence-corrected chi connectivity index (χ4v) is 0.763. The average molecular weight is 175 g/mol. The monoisotopic (exact) mass is 174 g/mol. The van der Waals surface area contributed by atoms with Crippen molar-refractivity contribution in [1.82, 2.24) is 4.98 Å². The summed E-state index contributed by atoms with van der Waals surface area (Å²) in [5.41, 5.74) is 4.86. The molecule has 0 aliphatic carbocycles. The number of anilines is 1. The van der Waals surface area contributed by atoms with Crippen molar-refractivity contribution in [3.63, 3.8) is 0 Å². The van der Waals surface area contributed by atoms with Crippen molar-refractivity contribution in [3.8, 4) is 0 Å². The van der Waals surface area contributed by atoms with E-state index in [-0.39, 0.29) is 16.4 Å². The Hall–Kier alpha value is -1.16. The number of carbonyl (C=O) groups is 1. The van der Waals surface area contributed by atoms with Gasteiger partial charge in [0.25, 0.3) is 0 Å². The second-order valence-electron chi connectivity index (χ2n) is 1.84. The summed E-state index contributed by atoms with van der Waals surface area (Å²) >= 11 is 5.40. The minimum Gasteiger partial charge on any atom is -0.396 e. The molecule has 11 heavy (non-hydrogen) atoms. The zero-order valence-corrected chi connectivity index (χ0v) is 6.10. The van der Waals surface area contributed by atoms with E-state index in [1.54, 1.807) is 0 Å². The van der Waals surface area contributed by atoms with Gasteiger partial charge in [-0.2, -0.15) is 0 Å². The Balaban J connectivity index is 3.40. The zero-order valence-electron chi connectivity index (χ0n) is 5.34. The number of halogens is 2. The number of nitrogen functional groups attached to an aromatic ring is 1. The predicted octanol–water partition coefficient (Wildman–Crippen LogP) is 1.27. The third kappa shape index (κ3) is 1.30. The maximum atomic E-state index is 12.6. The third-order valence-corrected chi connectivity index (χ3v) is 1.48. The first-order valence-electron chi connectivity index (χ1n) is 2.71. The van der Waals surface area contributed by atoms with Gasteiger partial charge in [0.2, 0.25) is 0 Å². The summed E-state index contributed by atoms with van der Waals surface area (Å²) in [5.74, 6) is -0.762. The lowest BCUT2D eigenvalue weighted by atomic mass is 10.2. The molecule has 5 heteroatoms. The van der Waals surface area contributed by atoms with E-state index in [9.17, 15) is 9.18 Å². The summed E-state index contributed by atoms with van der Waals surface area (Å²) in [5, 5.41) is -0.0616. The molecule has 0 amide bonds. The number of rotatable bonds is 1. The number of nitrogens with zero attached hydrogens (tertiary/aromatic N) is 1. The number of aromatic nitrogens is 1. The molecule has 0 atom stereocenters. The molecule has 3 nitrogen and oxygen atoms in total. The van der Waals surface area contributed by atoms with Crippen LogP contribution in [0.3, 0.4) is 0 Å². The first-order valence-corrected chi connectivity index (χ1v) is 3.09. The highest BCUT2D eigenvalue weighted by atomic mass is 35.5. The highest BCUT2D eigenvalue weighted by Crippen LogP contribution is 2.20. The summed E-state index contributed by atoms with van der Waals surface area (Å²) in [4.78, 5) is 13.6. The van der Waals surface area contributed by atoms with E-state index < -0.39 is 5.82 Å². The fraction of sp³-hybridized carbons (Fsp3) is 0. The molecule has 0 aromatic carbocycles. The van der Waals surface area contributed by atoms with E-state index in [0.29, 0.717) is 6.29 Å². The molecular formula is C6H4ClFN2O. The quantitative estimate of drug-likeness (QED) is 0.515. The number of hydrogen-bond acceptors (Lipinski definition) is 3. The second-order valence-corrected chi connectivity index (χ2v) is 2.20. The van der Waals surface area contributed by atoms with Gasteiger partial charge in [0.05, 0.1) is 17.4 Å². The van der Waals surface area contributed by atoms with Crippen LogP contribution in [0.25, 0.3) is 0 Å². The normalized spacial score (nSPS) is 9.64. The van der Waals surface area contributed by atoms with Gasteiger partial charge in [-0.1, -0.05) is 11.6 Å². The van der Waals surface area contributed by atoms with Crippen LogP contribution >= 0.6 is 11.6 Å². The maximum absolute atomic E-state index is 12.6. The predicted molar refractivity (Wildman–Crippen MR) is 39.0 cm³/mol. The van der Waals surface area contributed by atoms with Gasteiger partial charge in [0.15, 0.2) is 17.3 Å². The third-order valence-electron chi connectivity index (χ3n) is 1.18. The highest BCUT2D eigenvalue weighted by Gasteiger charge is 2.08. The molecular weight excluding hydrogens is 171 g/mol. The molecule has 1 aromatic heterocycles. The lowest BCUT2D eigenvalue weighted by Crippen LogP contribution is -1.99. The fourth-order valence-electron chi connectivity index (χ4n) is 0.612. The van der Waals surface area contributed by atoms with Gasteiger partial charge < -0.3 is 5.73 Å². The molecule has 58 valence electrons. The smallest absolute Gasteiger partial charge is 0.155 e. The Morgan fingerprint density at radius 2 is 2.36 bits per heavy atom. The van der Waals surface area contributed by atoms with Gasteiger partial charge in [0, 0.05) is 0 Å². The summed E-state index contributed by atoms with van der Waals surface area (Å²) in [6.07, 6.45) is 1.15. The molecule has 0 spiro atoms. The van der Waals surface area contributed by atoms with Crippen LogP contribution in [0.15, 0.2) is 6.20 Å². The number of carbonyl (C=O) groups excluding carboxylic acids is 1. The van der Waals surface area contributed by atoms with Crippen LogP contribution in [0.5, 0.6) is 0 Å². The molecule has 0 radical (unpaired) electrons. The van der Waals surface area contributed by atoms with E-state index in [0.717, 1.165) is 6.20 Å². The van der Waals surface area contributed by atoms with Crippen LogP contribution in [0.1, 0.15) is 10.4 Å². The van der Waals surface area contributed by atoms with Crippen molar-refractivity contribution < 1.29 is 9.18 Å². The van der Waals surface area contributed by atoms with Crippen molar-refractivity contribution in [3.05, 3.63) is 22.7 Å². The SMILES string of the molecule is Nc1c(Cl)ncc(F)c1C=O. The molecule has 0 aliphatic rings. The summed E-state index contributed by atoms with van der Waals surface area (Å²) in [7, 11) is 0. The molecule has 0 saturated carbocycles. The molecule has 0 aliphatic heterocycles. The number of hydrogen-bond donors (Lipinski definition) is 1. The van der Waals surface area contributed by atoms with E-state index >= 15 is 0 Å². The van der Waals surface area contributed by atoms with Gasteiger partial charge in [-0.25, -0.2) is 9.37 Å². The number of nitrogens with two attached hydrogens (primary N) is 1. The standard InChI is InChI=1S/C6H4ClFN2O/c7-6-5(9)3(2-11)4(8)1-10-6/h1-2H,9H2. The Labute approximate surface area is 67.0 Å². The van der Waals surface area contributed by atoms with E-state index in [4.69, 9.17) is 17.3 Å². The summed E-state index contributed by atoms with van der Waals surface area (Å²) in [6, 6.07) is 0. The second kappa shape index (κ2) is 2.84. The van der Waals surface area contributed by atoms with Crippen molar-refractivity contribution in [2.24, 2.45) is 0 Å². The first kappa shape index (κ1) is 7.94. The van der Waals surface area contributed by atoms with Crippen LogP contribution in [0, 0.1) is 5.82 Å². The Bertz CT molecular complexity index is 303. The maximum Gasteiger partial charge on any atom is 0.155 e. The first-order chi connectivity index (χ1) is 5.16. The lowest BCUT2D eigenvalue weighted by molar-refractivity contribution is 0.112. The lowest BCUT2D eigenvalue weighted by Gasteiger charge is -1.99. The molecule has 1 rings (SSSR count). The van der Waals surface area contributed by atoms with Crippen molar-refractivity contribution in [2.45, 2.75) is 0 Å². The van der Waals surface area contributed by atoms with Crippen LogP contribution in [0.2, 0.25) is 5.15 Å². The summed E-state index contributed by atoms with van der Waals surface area (Å²) < 4.78 is 12.6. The molecule has 0 saturated heterocycles. The number of aldehydes is 1. The molecule has 0 fully saturated rings. The van der Waals surface area contributed by atoms with E-state index in [1.165, 1.54) is 0 Å². The highest BCUT2D eigenvalue weighted by molar-refractivity contribution is 6.32. The van der Waals surface area contributed by atoms with Crippen LogP contribution < -0.4 is 5.73 Å². The van der Waals surface area contributed by atoms with Gasteiger partial charge in [-0.05, 0) is 0 Å². The molecule has 2 N–H and O–H groups in total. The van der Waals surface area contributed by atoms with Gasteiger partial charge in [0.1, 0.15) is 0 Å². The van der Waals surface area contributed by atoms with E-state index in [2.05, 4.69) is 4.98 Å². The van der Waals surface area contributed by atoms with Crippen LogP contribution in [-0.2, 0) is 0 Å². The van der Waals surface area contributed by atoms with Crippen molar-refractivity contribution >= 4 is 23.6 Å². The van der Waals surface area contributed by atoms with Crippen LogP contribution in [0.4, 0.5) is 10.1 Å². The van der Waals surface area contributed by atoms with Gasteiger partial charge in [-0.3, -0.25) is 4.79 Å². The van der Waals surface area contributed by atoms with Gasteiger partial charge in [-0.15, -0.1) is 0 Å². The van der Waals surface area contributed by atoms with E-state index in [1.807, 2.05) is 0 Å². The Morgan fingerprint density at radius 3 is 2.82 bits per heavy atom. The largest absolute Gasteiger partial charge is 0.396 e. The minimum absolute atomic E-state index is 0.0616. The molecule has 0 bridgehead atoms. The van der Waals surface area contributed by atoms with Crippen molar-refractivity contribution in [2.75, 3.05) is 5.73 Å². The zero-order chi connectivity index (χ0) is 8.43. The molecule has 1 aromatic rings. The summed E-state index contributed by atoms with van der Waals surface area (Å²) in [6.45, 7) is 0. The van der Waals surface area contributed by atoms with Crippen molar-refractivity contribution in [1.29, 1.82) is 0 Å². The van der Waals surface area contributed by atoms with Crippen LogP contribution in [-0.4, -0.2) is 11.3 Å². The Kier molecular flexibility index (Phi) is 2.05.